The van der Waals surface area contributed by atoms with Crippen molar-refractivity contribution in [2.24, 2.45) is 5.92 Å². The highest BCUT2D eigenvalue weighted by atomic mass is 19.1. The molecule has 37 heavy (non-hydrogen) atoms. The van der Waals surface area contributed by atoms with Crippen LogP contribution in [0.1, 0.15) is 37.9 Å². The van der Waals surface area contributed by atoms with Crippen molar-refractivity contribution in [3.8, 4) is 0 Å². The number of carbonyl (C=O) groups is 4. The predicted octanol–water partition coefficient (Wildman–Crippen LogP) is 4.29. The first-order valence-electron chi connectivity index (χ1n) is 11.8. The Kier molecular flexibility index (Phi) is 6.40. The summed E-state index contributed by atoms with van der Waals surface area (Å²) in [6.07, 6.45) is 2.29. The normalized spacial score (nSPS) is 17.4. The van der Waals surface area contributed by atoms with Gasteiger partial charge in [-0.25, -0.2) is 9.18 Å². The van der Waals surface area contributed by atoms with E-state index in [2.05, 4.69) is 4.98 Å². The molecule has 3 aromatic carbocycles. The van der Waals surface area contributed by atoms with E-state index in [1.165, 1.54) is 42.3 Å². The van der Waals surface area contributed by atoms with Crippen molar-refractivity contribution in [3.05, 3.63) is 107 Å². The molecule has 7 nitrogen and oxygen atoms in total. The van der Waals surface area contributed by atoms with Gasteiger partial charge in [-0.05, 0) is 47.9 Å². The number of aromatic nitrogens is 1. The monoisotopic (exact) mass is 498 g/mol. The Bertz CT molecular complexity index is 1520. The molecule has 2 atom stereocenters. The number of amides is 1. The van der Waals surface area contributed by atoms with Gasteiger partial charge in [0, 0.05) is 23.6 Å². The number of ketones is 2. The standard InChI is InChI=1S/C29H23FN2O5/c1-37-29(36)18-12-10-17(11-13-18)25-24(26(33)21-7-2-4-8-22(21)30)27(34)28(35)32(25)15-14-19-16-31-23-9-5-3-6-20(19)23/h2-13,16,24-25,31H,14-15H2,1H3. The number of carbonyl (C=O) groups excluding carboxylic acids is 4. The van der Waals surface area contributed by atoms with Gasteiger partial charge >= 0.3 is 5.97 Å². The Balaban J connectivity index is 1.53. The minimum absolute atomic E-state index is 0.164. The van der Waals surface area contributed by atoms with Gasteiger partial charge in [-0.2, -0.15) is 0 Å². The van der Waals surface area contributed by atoms with Crippen LogP contribution in [0, 0.1) is 11.7 Å². The number of rotatable bonds is 7. The van der Waals surface area contributed by atoms with Crippen molar-refractivity contribution in [1.82, 2.24) is 9.88 Å². The fraction of sp³-hybridized carbons (Fsp3) is 0.172. The Labute approximate surface area is 211 Å². The molecular weight excluding hydrogens is 475 g/mol. The van der Waals surface area contributed by atoms with Gasteiger partial charge in [0.2, 0.25) is 5.78 Å². The predicted molar refractivity (Wildman–Crippen MR) is 133 cm³/mol. The number of para-hydroxylation sites is 1. The maximum Gasteiger partial charge on any atom is 0.337 e. The summed E-state index contributed by atoms with van der Waals surface area (Å²) in [6, 6.07) is 18.4. The second kappa shape index (κ2) is 9.81. The Hall–Kier alpha value is -4.59. The number of likely N-dealkylation sites (tertiary alicyclic amines) is 1. The molecule has 5 rings (SSSR count). The summed E-state index contributed by atoms with van der Waals surface area (Å²) in [5.41, 5.74) is 2.43. The maximum absolute atomic E-state index is 14.5. The lowest BCUT2D eigenvalue weighted by Gasteiger charge is -2.27. The zero-order valence-corrected chi connectivity index (χ0v) is 19.9. The van der Waals surface area contributed by atoms with E-state index >= 15 is 0 Å². The summed E-state index contributed by atoms with van der Waals surface area (Å²) >= 11 is 0. The molecule has 0 saturated carbocycles. The first kappa shape index (κ1) is 24.1. The summed E-state index contributed by atoms with van der Waals surface area (Å²) in [7, 11) is 1.26. The van der Waals surface area contributed by atoms with E-state index in [-0.39, 0.29) is 17.7 Å². The molecule has 2 unspecified atom stereocenters. The molecule has 0 aliphatic carbocycles. The van der Waals surface area contributed by atoms with E-state index in [9.17, 15) is 23.6 Å². The third-order valence-corrected chi connectivity index (χ3v) is 6.80. The highest BCUT2D eigenvalue weighted by Gasteiger charge is 2.51. The molecule has 1 fully saturated rings. The van der Waals surface area contributed by atoms with Crippen LogP contribution in [0.25, 0.3) is 10.9 Å². The summed E-state index contributed by atoms with van der Waals surface area (Å²) in [5.74, 6) is -5.15. The number of benzene rings is 3. The molecule has 1 aromatic heterocycles. The lowest BCUT2D eigenvalue weighted by molar-refractivity contribution is -0.140. The van der Waals surface area contributed by atoms with E-state index < -0.39 is 41.2 Å². The zero-order chi connectivity index (χ0) is 26.1. The van der Waals surface area contributed by atoms with E-state index in [0.717, 1.165) is 22.5 Å². The number of nitrogens with zero attached hydrogens (tertiary/aromatic N) is 1. The van der Waals surface area contributed by atoms with E-state index in [0.29, 0.717) is 12.0 Å². The Morgan fingerprint density at radius 3 is 2.41 bits per heavy atom. The fourth-order valence-corrected chi connectivity index (χ4v) is 4.94. The number of fused-ring (bicyclic) bond motifs is 1. The summed E-state index contributed by atoms with van der Waals surface area (Å²) < 4.78 is 19.3. The van der Waals surface area contributed by atoms with Gasteiger partial charge in [0.05, 0.1) is 24.3 Å². The highest BCUT2D eigenvalue weighted by molar-refractivity contribution is 6.44. The van der Waals surface area contributed by atoms with Crippen LogP contribution in [0.4, 0.5) is 4.39 Å². The number of hydrogen-bond acceptors (Lipinski definition) is 5. The first-order chi connectivity index (χ1) is 17.9. The number of aromatic amines is 1. The number of methoxy groups -OCH3 is 1. The molecule has 186 valence electrons. The van der Waals surface area contributed by atoms with Gasteiger partial charge in [0.25, 0.3) is 5.91 Å². The third kappa shape index (κ3) is 4.31. The molecule has 0 spiro atoms. The van der Waals surface area contributed by atoms with Gasteiger partial charge in [0.15, 0.2) is 5.78 Å². The van der Waals surface area contributed by atoms with Crippen LogP contribution >= 0.6 is 0 Å². The fourth-order valence-electron chi connectivity index (χ4n) is 4.94. The largest absolute Gasteiger partial charge is 0.465 e. The molecule has 2 heterocycles. The summed E-state index contributed by atoms with van der Waals surface area (Å²) in [5, 5.41) is 0.999. The van der Waals surface area contributed by atoms with Crippen molar-refractivity contribution in [3.63, 3.8) is 0 Å². The van der Waals surface area contributed by atoms with Crippen LogP contribution in [0.15, 0.2) is 79.0 Å². The van der Waals surface area contributed by atoms with Crippen molar-refractivity contribution < 1.29 is 28.3 Å². The molecule has 8 heteroatoms. The van der Waals surface area contributed by atoms with Crippen molar-refractivity contribution >= 4 is 34.3 Å². The summed E-state index contributed by atoms with van der Waals surface area (Å²) in [6.45, 7) is 0.164. The quantitative estimate of drug-likeness (QED) is 0.178. The van der Waals surface area contributed by atoms with Gasteiger partial charge in [-0.1, -0.05) is 42.5 Å². The van der Waals surface area contributed by atoms with Crippen LogP contribution in [-0.2, 0) is 20.7 Å². The molecule has 4 aromatic rings. The minimum Gasteiger partial charge on any atom is -0.465 e. The molecule has 0 bridgehead atoms. The number of nitrogens with one attached hydrogen (secondary N) is 1. The SMILES string of the molecule is COC(=O)c1ccc(C2C(C(=O)c3ccccc3F)C(=O)C(=O)N2CCc2c[nH]c3ccccc23)cc1. The van der Waals surface area contributed by atoms with Gasteiger partial charge in [-0.15, -0.1) is 0 Å². The molecule has 0 radical (unpaired) electrons. The van der Waals surface area contributed by atoms with E-state index in [1.54, 1.807) is 12.1 Å². The van der Waals surface area contributed by atoms with Gasteiger partial charge in [0.1, 0.15) is 11.7 Å². The number of ether oxygens (including phenoxy) is 1. The van der Waals surface area contributed by atoms with E-state index in [4.69, 9.17) is 4.74 Å². The lowest BCUT2D eigenvalue weighted by atomic mass is 9.86. The number of esters is 1. The number of halogens is 1. The van der Waals surface area contributed by atoms with Crippen LogP contribution in [0.3, 0.4) is 0 Å². The highest BCUT2D eigenvalue weighted by Crippen LogP contribution is 2.39. The molecule has 1 aliphatic heterocycles. The topological polar surface area (TPSA) is 96.5 Å². The Morgan fingerprint density at radius 2 is 1.68 bits per heavy atom. The average molecular weight is 499 g/mol. The second-order valence-corrected chi connectivity index (χ2v) is 8.85. The number of hydrogen-bond donors (Lipinski definition) is 1. The molecule has 1 aliphatic rings. The van der Waals surface area contributed by atoms with E-state index in [1.807, 2.05) is 30.5 Å². The van der Waals surface area contributed by atoms with Crippen LogP contribution in [0.2, 0.25) is 0 Å². The van der Waals surface area contributed by atoms with Crippen molar-refractivity contribution in [2.75, 3.05) is 13.7 Å². The van der Waals surface area contributed by atoms with Crippen molar-refractivity contribution in [1.29, 1.82) is 0 Å². The maximum atomic E-state index is 14.5. The molecule has 1 N–H and O–H groups in total. The number of Topliss-reactive ketones (excluding diaryl/α,β-unsaturated/α-hetero) is 2. The molecule has 1 amide bonds. The summed E-state index contributed by atoms with van der Waals surface area (Å²) in [4.78, 5) is 56.4. The van der Waals surface area contributed by atoms with Gasteiger partial charge < -0.3 is 14.6 Å². The van der Waals surface area contributed by atoms with Crippen molar-refractivity contribution in [2.45, 2.75) is 12.5 Å². The Morgan fingerprint density at radius 1 is 0.973 bits per heavy atom. The minimum atomic E-state index is -1.42. The smallest absolute Gasteiger partial charge is 0.337 e. The average Bonchev–Trinajstić information content (AvgIpc) is 3.45. The molecular formula is C29H23FN2O5. The van der Waals surface area contributed by atoms with Crippen LogP contribution in [0.5, 0.6) is 0 Å². The molecule has 1 saturated heterocycles. The second-order valence-electron chi connectivity index (χ2n) is 8.85. The first-order valence-corrected chi connectivity index (χ1v) is 11.8. The zero-order valence-electron chi connectivity index (χ0n) is 19.9. The van der Waals surface area contributed by atoms with Crippen LogP contribution < -0.4 is 0 Å². The van der Waals surface area contributed by atoms with Crippen LogP contribution in [-0.4, -0.2) is 47.0 Å². The third-order valence-electron chi connectivity index (χ3n) is 6.80. The number of H-pyrrole nitrogens is 1. The van der Waals surface area contributed by atoms with Gasteiger partial charge in [-0.3, -0.25) is 14.4 Å². The lowest BCUT2D eigenvalue weighted by Crippen LogP contribution is -2.32.